The zero-order valence-electron chi connectivity index (χ0n) is 5.05. The summed E-state index contributed by atoms with van der Waals surface area (Å²) in [6.07, 6.45) is -3.16. The van der Waals surface area contributed by atoms with Crippen molar-refractivity contribution in [1.82, 2.24) is 0 Å². The molecule has 0 radical (unpaired) electrons. The van der Waals surface area contributed by atoms with Gasteiger partial charge in [0.25, 0.3) is 0 Å². The second kappa shape index (κ2) is 0.917. The number of fused-ring (bicyclic) bond motifs is 1. The largest absolute Gasteiger partial charge is 0.395 e. The molecule has 2 rings (SSSR count). The molecule has 0 atom stereocenters. The van der Waals surface area contributed by atoms with E-state index in [1.54, 1.807) is 6.92 Å². The minimum atomic E-state index is -3.91. The maximum absolute atomic E-state index is 11.9. The highest BCUT2D eigenvalue weighted by Gasteiger charge is 2.90. The second-order valence-electron chi connectivity index (χ2n) is 3.49. The van der Waals surface area contributed by atoms with E-state index in [0.717, 1.165) is 0 Å². The van der Waals surface area contributed by atoms with Gasteiger partial charge in [-0.15, -0.1) is 0 Å². The van der Waals surface area contributed by atoms with Crippen LogP contribution < -0.4 is 0 Å². The van der Waals surface area contributed by atoms with Crippen LogP contribution in [0.2, 0.25) is 0 Å². The molecule has 0 aromatic rings. The van der Waals surface area contributed by atoms with Crippen molar-refractivity contribution >= 4 is 0 Å². The summed E-state index contributed by atoms with van der Waals surface area (Å²) in [5, 5.41) is 0. The molecule has 2 aliphatic rings. The highest BCUT2D eigenvalue weighted by molar-refractivity contribution is 5.31. The number of rotatable bonds is 0. The van der Waals surface area contributed by atoms with Crippen LogP contribution in [0.3, 0.4) is 0 Å². The molecule has 0 bridgehead atoms. The predicted molar refractivity (Wildman–Crippen MR) is 25.8 cm³/mol. The average Bonchev–Trinajstić information content (AvgIpc) is 2.17. The first kappa shape index (κ1) is 5.57. The van der Waals surface area contributed by atoms with Crippen molar-refractivity contribution in [3.8, 4) is 0 Å². The van der Waals surface area contributed by atoms with Crippen LogP contribution in [0.15, 0.2) is 0 Å². The van der Waals surface area contributed by atoms with E-state index in [1.807, 2.05) is 0 Å². The lowest BCUT2D eigenvalue weighted by molar-refractivity contribution is -0.168. The Hall–Kier alpha value is -0.210. The molecule has 0 nitrogen and oxygen atoms in total. The van der Waals surface area contributed by atoms with Crippen LogP contribution in [-0.2, 0) is 0 Å². The van der Waals surface area contributed by atoms with Crippen LogP contribution in [0.4, 0.5) is 13.2 Å². The molecule has 2 fully saturated rings. The van der Waals surface area contributed by atoms with Crippen LogP contribution >= 0.6 is 0 Å². The molecule has 0 N–H and O–H groups in total. The molecule has 0 heterocycles. The Bertz CT molecular complexity index is 162. The summed E-state index contributed by atoms with van der Waals surface area (Å²) in [7, 11) is 0. The maximum atomic E-state index is 11.9. The molecule has 0 saturated heterocycles. The van der Waals surface area contributed by atoms with Gasteiger partial charge in [-0.25, -0.2) is 0 Å². The fourth-order valence-corrected chi connectivity index (χ4v) is 1.73. The minimum absolute atomic E-state index is 0.328. The third-order valence-electron chi connectivity index (χ3n) is 2.83. The van der Waals surface area contributed by atoms with E-state index in [2.05, 4.69) is 0 Å². The van der Waals surface area contributed by atoms with Gasteiger partial charge in [-0.2, -0.15) is 13.2 Å². The lowest BCUT2D eigenvalue weighted by atomic mass is 10.2. The van der Waals surface area contributed by atoms with Crippen molar-refractivity contribution in [3.63, 3.8) is 0 Å². The van der Waals surface area contributed by atoms with Crippen molar-refractivity contribution in [2.24, 2.45) is 10.8 Å². The molecule has 9 heavy (non-hydrogen) atoms. The van der Waals surface area contributed by atoms with Crippen LogP contribution in [-0.4, -0.2) is 6.18 Å². The quantitative estimate of drug-likeness (QED) is 0.479. The SMILES string of the molecule is CC12CC1(C(F)(F)F)C2. The summed E-state index contributed by atoms with van der Waals surface area (Å²) in [6, 6.07) is 0. The Morgan fingerprint density at radius 1 is 1.22 bits per heavy atom. The third kappa shape index (κ3) is 0.393. The summed E-state index contributed by atoms with van der Waals surface area (Å²) in [6.45, 7) is 1.71. The molecule has 52 valence electrons. The van der Waals surface area contributed by atoms with E-state index >= 15 is 0 Å². The molecule has 0 aromatic heterocycles. The number of halogens is 3. The lowest BCUT2D eigenvalue weighted by Gasteiger charge is -2.06. The molecular formula is C6H7F3. The molecule has 0 spiro atoms. The standard InChI is InChI=1S/C6H7F3/c1-4-2-5(4,3-4)6(7,8)9/h2-3H2,1H3. The average molecular weight is 136 g/mol. The van der Waals surface area contributed by atoms with E-state index in [4.69, 9.17) is 0 Å². The molecule has 2 saturated carbocycles. The first-order chi connectivity index (χ1) is 3.91. The Labute approximate surface area is 51.0 Å². The van der Waals surface area contributed by atoms with Crippen molar-refractivity contribution in [3.05, 3.63) is 0 Å². The molecule has 3 heteroatoms. The van der Waals surface area contributed by atoms with E-state index in [0.29, 0.717) is 12.8 Å². The van der Waals surface area contributed by atoms with Gasteiger partial charge in [0.15, 0.2) is 0 Å². The van der Waals surface area contributed by atoms with Gasteiger partial charge in [-0.05, 0) is 18.3 Å². The number of hydrogen-bond acceptors (Lipinski definition) is 0. The summed E-state index contributed by atoms with van der Waals surface area (Å²) >= 11 is 0. The Morgan fingerprint density at radius 2 is 1.56 bits per heavy atom. The Kier molecular flexibility index (Phi) is 0.567. The molecule has 0 aromatic carbocycles. The van der Waals surface area contributed by atoms with Crippen molar-refractivity contribution < 1.29 is 13.2 Å². The molecule has 2 aliphatic carbocycles. The molecule has 0 unspecified atom stereocenters. The molecule has 0 amide bonds. The normalized spacial score (nSPS) is 54.7. The summed E-state index contributed by atoms with van der Waals surface area (Å²) in [5.41, 5.74) is -1.54. The van der Waals surface area contributed by atoms with Crippen molar-refractivity contribution in [2.45, 2.75) is 25.9 Å². The lowest BCUT2D eigenvalue weighted by Crippen LogP contribution is -2.16. The summed E-state index contributed by atoms with van der Waals surface area (Å²) < 4.78 is 35.7. The summed E-state index contributed by atoms with van der Waals surface area (Å²) in [5.74, 6) is 0. The van der Waals surface area contributed by atoms with E-state index in [-0.39, 0.29) is 5.41 Å². The van der Waals surface area contributed by atoms with Crippen LogP contribution in [0.5, 0.6) is 0 Å². The van der Waals surface area contributed by atoms with Gasteiger partial charge >= 0.3 is 6.18 Å². The second-order valence-corrected chi connectivity index (χ2v) is 3.49. The highest BCUT2D eigenvalue weighted by Crippen LogP contribution is 2.90. The van der Waals surface area contributed by atoms with E-state index in [9.17, 15) is 13.2 Å². The van der Waals surface area contributed by atoms with E-state index < -0.39 is 11.6 Å². The highest BCUT2D eigenvalue weighted by atomic mass is 19.4. The minimum Gasteiger partial charge on any atom is -0.170 e. The van der Waals surface area contributed by atoms with E-state index in [1.165, 1.54) is 0 Å². The Morgan fingerprint density at radius 3 is 1.56 bits per heavy atom. The number of alkyl halides is 3. The zero-order valence-corrected chi connectivity index (χ0v) is 5.05. The summed E-state index contributed by atoms with van der Waals surface area (Å²) in [4.78, 5) is 0. The molecule has 0 aliphatic heterocycles. The monoisotopic (exact) mass is 136 g/mol. The zero-order chi connectivity index (χ0) is 6.91. The fourth-order valence-electron chi connectivity index (χ4n) is 1.73. The molecular weight excluding hydrogens is 129 g/mol. The van der Waals surface area contributed by atoms with Gasteiger partial charge < -0.3 is 0 Å². The van der Waals surface area contributed by atoms with Gasteiger partial charge in [0, 0.05) is 0 Å². The predicted octanol–water partition coefficient (Wildman–Crippen LogP) is 2.35. The first-order valence-electron chi connectivity index (χ1n) is 2.98. The van der Waals surface area contributed by atoms with Crippen molar-refractivity contribution in [2.75, 3.05) is 0 Å². The van der Waals surface area contributed by atoms with Crippen molar-refractivity contribution in [1.29, 1.82) is 0 Å². The van der Waals surface area contributed by atoms with Gasteiger partial charge in [0.1, 0.15) is 0 Å². The first-order valence-corrected chi connectivity index (χ1v) is 2.98. The van der Waals surface area contributed by atoms with Crippen LogP contribution in [0, 0.1) is 10.8 Å². The van der Waals surface area contributed by atoms with Gasteiger partial charge in [0.05, 0.1) is 5.41 Å². The van der Waals surface area contributed by atoms with Crippen LogP contribution in [0.1, 0.15) is 19.8 Å². The third-order valence-corrected chi connectivity index (χ3v) is 2.83. The smallest absolute Gasteiger partial charge is 0.170 e. The van der Waals surface area contributed by atoms with Gasteiger partial charge in [-0.3, -0.25) is 0 Å². The van der Waals surface area contributed by atoms with Gasteiger partial charge in [0.2, 0.25) is 0 Å². The Balaban J connectivity index is 2.20. The topological polar surface area (TPSA) is 0 Å². The maximum Gasteiger partial charge on any atom is 0.395 e. The van der Waals surface area contributed by atoms with Crippen LogP contribution in [0.25, 0.3) is 0 Å². The number of hydrogen-bond donors (Lipinski definition) is 0. The van der Waals surface area contributed by atoms with Gasteiger partial charge in [-0.1, -0.05) is 6.92 Å². The fraction of sp³-hybridized carbons (Fsp3) is 1.00.